The van der Waals surface area contributed by atoms with Gasteiger partial charge in [0, 0.05) is 12.8 Å². The van der Waals surface area contributed by atoms with Gasteiger partial charge in [-0.05, 0) is 83.5 Å². The number of ether oxygens (including phenoxy) is 4. The molecule has 1 saturated heterocycles. The number of carbonyl (C=O) groups is 3. The Balaban J connectivity index is 2.24. The van der Waals surface area contributed by atoms with Crippen LogP contribution in [0.3, 0.4) is 0 Å². The van der Waals surface area contributed by atoms with Gasteiger partial charge in [-0.2, -0.15) is 0 Å². The van der Waals surface area contributed by atoms with Gasteiger partial charge in [0.1, 0.15) is 24.9 Å². The van der Waals surface area contributed by atoms with E-state index in [1.165, 1.54) is 128 Å². The van der Waals surface area contributed by atoms with Crippen LogP contribution in [0.5, 0.6) is 0 Å². The van der Waals surface area contributed by atoms with Crippen LogP contribution >= 0.6 is 0 Å². The van der Waals surface area contributed by atoms with Crippen molar-refractivity contribution in [2.75, 3.05) is 13.2 Å². The maximum Gasteiger partial charge on any atom is 0.335 e. The third-order valence-corrected chi connectivity index (χ3v) is 13.0. The number of allylic oxidation sites excluding steroid dienone is 12. The summed E-state index contributed by atoms with van der Waals surface area (Å²) in [5.41, 5.74) is 0. The van der Waals surface area contributed by atoms with Crippen LogP contribution in [0.1, 0.15) is 245 Å². The Morgan fingerprint density at radius 2 is 0.819 bits per heavy atom. The van der Waals surface area contributed by atoms with Crippen molar-refractivity contribution in [3.8, 4) is 0 Å². The largest absolute Gasteiger partial charge is 0.479 e. The second-order valence-corrected chi connectivity index (χ2v) is 19.7. The van der Waals surface area contributed by atoms with Crippen molar-refractivity contribution in [1.29, 1.82) is 0 Å². The molecule has 72 heavy (non-hydrogen) atoms. The van der Waals surface area contributed by atoms with Crippen LogP contribution in [0, 0.1) is 0 Å². The van der Waals surface area contributed by atoms with Gasteiger partial charge in [-0.3, -0.25) is 9.59 Å². The van der Waals surface area contributed by atoms with Gasteiger partial charge in [0.25, 0.3) is 0 Å². The number of rotatable bonds is 49. The number of carboxylic acids is 1. The number of carboxylic acid groups (broad SMARTS) is 1. The SMILES string of the molecule is CC/C=C\C/C=C\C/C=C\C/C=C\CCCCCCCCCCCCC(=O)OCC(COC1OC(C(=O)O)C(O)C(O)C1O)OC(=O)CCCCCCCCCCCCC/C=C\C/C=C\CCCCCCC. The summed E-state index contributed by atoms with van der Waals surface area (Å²) in [6.07, 6.45) is 56.6. The molecular formula is C61H104O11. The lowest BCUT2D eigenvalue weighted by atomic mass is 9.99. The Bertz CT molecular complexity index is 1470. The summed E-state index contributed by atoms with van der Waals surface area (Å²) in [5, 5.41) is 40.1. The molecule has 0 amide bonds. The molecule has 4 N–H and O–H groups in total. The normalized spacial score (nSPS) is 19.0. The minimum Gasteiger partial charge on any atom is -0.479 e. The number of hydrogen-bond donors (Lipinski definition) is 4. The van der Waals surface area contributed by atoms with E-state index in [9.17, 15) is 34.8 Å². The van der Waals surface area contributed by atoms with E-state index in [1.807, 2.05) is 0 Å². The highest BCUT2D eigenvalue weighted by molar-refractivity contribution is 5.73. The van der Waals surface area contributed by atoms with E-state index in [2.05, 4.69) is 86.8 Å². The maximum absolute atomic E-state index is 12.9. The van der Waals surface area contributed by atoms with Crippen molar-refractivity contribution < 1.29 is 53.8 Å². The number of esters is 2. The summed E-state index contributed by atoms with van der Waals surface area (Å²) in [5.74, 6) is -2.45. The van der Waals surface area contributed by atoms with E-state index in [4.69, 9.17) is 18.9 Å². The van der Waals surface area contributed by atoms with E-state index in [-0.39, 0.29) is 19.4 Å². The molecule has 6 atom stereocenters. The highest BCUT2D eigenvalue weighted by Gasteiger charge is 2.47. The molecule has 1 rings (SSSR count). The van der Waals surface area contributed by atoms with Gasteiger partial charge in [0.05, 0.1) is 6.61 Å². The van der Waals surface area contributed by atoms with Crippen LogP contribution in [-0.2, 0) is 33.3 Å². The summed E-state index contributed by atoms with van der Waals surface area (Å²) in [6, 6.07) is 0. The average molecular weight is 1010 g/mol. The Hall–Kier alpha value is -3.35. The monoisotopic (exact) mass is 1010 g/mol. The van der Waals surface area contributed by atoms with Gasteiger partial charge < -0.3 is 39.4 Å². The average Bonchev–Trinajstić information content (AvgIpc) is 3.37. The summed E-state index contributed by atoms with van der Waals surface area (Å²) < 4.78 is 21.9. The lowest BCUT2D eigenvalue weighted by molar-refractivity contribution is -0.298. The van der Waals surface area contributed by atoms with Crippen LogP contribution < -0.4 is 0 Å². The van der Waals surface area contributed by atoms with E-state index >= 15 is 0 Å². The molecule has 414 valence electrons. The number of aliphatic hydroxyl groups excluding tert-OH is 3. The van der Waals surface area contributed by atoms with E-state index in [0.29, 0.717) is 12.8 Å². The molecule has 1 heterocycles. The first kappa shape index (κ1) is 66.7. The van der Waals surface area contributed by atoms with E-state index < -0.39 is 61.3 Å². The Kier molecular flexibility index (Phi) is 46.1. The van der Waals surface area contributed by atoms with Crippen LogP contribution in [0.2, 0.25) is 0 Å². The molecule has 1 aliphatic heterocycles. The van der Waals surface area contributed by atoms with Crippen molar-refractivity contribution in [2.45, 2.75) is 282 Å². The van der Waals surface area contributed by atoms with Crippen LogP contribution in [-0.4, -0.2) is 88.4 Å². The number of carbonyl (C=O) groups excluding carboxylic acids is 2. The van der Waals surface area contributed by atoms with Crippen LogP contribution in [0.25, 0.3) is 0 Å². The van der Waals surface area contributed by atoms with Gasteiger partial charge in [-0.25, -0.2) is 4.79 Å². The van der Waals surface area contributed by atoms with Crippen molar-refractivity contribution >= 4 is 17.9 Å². The molecular weight excluding hydrogens is 909 g/mol. The molecule has 1 aliphatic rings. The smallest absolute Gasteiger partial charge is 0.335 e. The summed E-state index contributed by atoms with van der Waals surface area (Å²) in [6.45, 7) is 3.72. The molecule has 0 aliphatic carbocycles. The summed E-state index contributed by atoms with van der Waals surface area (Å²) in [4.78, 5) is 37.1. The number of unbranched alkanes of at least 4 members (excludes halogenated alkanes) is 26. The number of hydrogen-bond acceptors (Lipinski definition) is 10. The predicted molar refractivity (Wildman–Crippen MR) is 294 cm³/mol. The molecule has 6 unspecified atom stereocenters. The van der Waals surface area contributed by atoms with E-state index in [1.54, 1.807) is 0 Å². The third kappa shape index (κ3) is 40.1. The Morgan fingerprint density at radius 3 is 1.24 bits per heavy atom. The minimum absolute atomic E-state index is 0.177. The standard InChI is InChI=1S/C61H104O11/c1-3-5-7-9-11-13-15-17-19-21-23-25-27-29-31-33-35-37-39-41-43-45-47-49-54(62)69-51-53(52-70-61-58(66)56(64)57(65)59(72-61)60(67)68)71-55(63)50-48-46-44-42-40-38-36-34-32-30-28-26-24-22-20-18-16-14-12-10-8-6-4-2/h5,7,11,13,16-19,22-25,53,56-59,61,64-66H,3-4,6,8-10,12,14-15,20-21,26-52H2,1-2H3,(H,67,68)/b7-5-,13-11-,18-16-,19-17-,24-22-,25-23-. The van der Waals surface area contributed by atoms with Crippen molar-refractivity contribution in [1.82, 2.24) is 0 Å². The summed E-state index contributed by atoms with van der Waals surface area (Å²) in [7, 11) is 0. The lowest BCUT2D eigenvalue weighted by Gasteiger charge is -2.38. The van der Waals surface area contributed by atoms with Gasteiger partial charge in [-0.1, -0.05) is 222 Å². The second-order valence-electron chi connectivity index (χ2n) is 19.7. The van der Waals surface area contributed by atoms with Crippen molar-refractivity contribution in [2.24, 2.45) is 0 Å². The number of aliphatic carboxylic acids is 1. The minimum atomic E-state index is -1.87. The zero-order valence-electron chi connectivity index (χ0n) is 45.4. The Labute approximate surface area is 438 Å². The zero-order valence-corrected chi connectivity index (χ0v) is 45.4. The van der Waals surface area contributed by atoms with Crippen molar-refractivity contribution in [3.63, 3.8) is 0 Å². The number of aliphatic hydroxyl groups is 3. The van der Waals surface area contributed by atoms with Gasteiger partial charge in [0.15, 0.2) is 18.5 Å². The molecule has 0 aromatic rings. The molecule has 0 bridgehead atoms. The first-order valence-electron chi connectivity index (χ1n) is 29.0. The van der Waals surface area contributed by atoms with Crippen molar-refractivity contribution in [3.05, 3.63) is 72.9 Å². The fourth-order valence-electron chi connectivity index (χ4n) is 8.55. The fraction of sp³-hybridized carbons (Fsp3) is 0.754. The molecule has 11 nitrogen and oxygen atoms in total. The van der Waals surface area contributed by atoms with E-state index in [0.717, 1.165) is 77.0 Å². The lowest BCUT2D eigenvalue weighted by Crippen LogP contribution is -2.60. The van der Waals surface area contributed by atoms with Gasteiger partial charge in [0.2, 0.25) is 0 Å². The molecule has 11 heteroatoms. The zero-order chi connectivity index (χ0) is 52.4. The van der Waals surface area contributed by atoms with Crippen LogP contribution in [0.4, 0.5) is 0 Å². The third-order valence-electron chi connectivity index (χ3n) is 13.0. The second kappa shape index (κ2) is 49.8. The molecule has 1 fully saturated rings. The molecule has 0 aromatic carbocycles. The fourth-order valence-corrected chi connectivity index (χ4v) is 8.55. The highest BCUT2D eigenvalue weighted by Crippen LogP contribution is 2.23. The summed E-state index contributed by atoms with van der Waals surface area (Å²) >= 11 is 0. The Morgan fingerprint density at radius 1 is 0.444 bits per heavy atom. The quantitative estimate of drug-likeness (QED) is 0.0260. The molecule has 0 aromatic heterocycles. The highest BCUT2D eigenvalue weighted by atomic mass is 16.7. The van der Waals surface area contributed by atoms with Crippen LogP contribution in [0.15, 0.2) is 72.9 Å². The van der Waals surface area contributed by atoms with Gasteiger partial charge >= 0.3 is 17.9 Å². The predicted octanol–water partition coefficient (Wildman–Crippen LogP) is 14.8. The molecule has 0 spiro atoms. The first-order chi connectivity index (χ1) is 35.2. The topological polar surface area (TPSA) is 169 Å². The maximum atomic E-state index is 12.9. The molecule has 0 saturated carbocycles. The molecule has 0 radical (unpaired) electrons. The van der Waals surface area contributed by atoms with Gasteiger partial charge in [-0.15, -0.1) is 0 Å². The first-order valence-corrected chi connectivity index (χ1v) is 29.0.